The third-order valence-corrected chi connectivity index (χ3v) is 8.23. The topological polar surface area (TPSA) is 73.3 Å². The highest BCUT2D eigenvalue weighted by Crippen LogP contribution is 2.45. The van der Waals surface area contributed by atoms with E-state index in [-0.39, 0.29) is 34.3 Å². The molecular weight excluding hydrogens is 477 g/mol. The third-order valence-electron chi connectivity index (χ3n) is 6.17. The van der Waals surface area contributed by atoms with Gasteiger partial charge in [-0.25, -0.2) is 17.8 Å². The molecule has 0 unspecified atom stereocenters. The molecule has 4 rings (SSSR count). The van der Waals surface area contributed by atoms with Crippen LogP contribution in [0.5, 0.6) is 5.88 Å². The van der Waals surface area contributed by atoms with Crippen LogP contribution in [0.4, 0.5) is 4.39 Å². The van der Waals surface area contributed by atoms with Gasteiger partial charge in [0.1, 0.15) is 17.2 Å². The van der Waals surface area contributed by atoms with Crippen molar-refractivity contribution in [2.45, 2.75) is 49.5 Å². The predicted molar refractivity (Wildman–Crippen MR) is 128 cm³/mol. The Balaban J connectivity index is 1.38. The molecule has 1 aromatic heterocycles. The summed E-state index contributed by atoms with van der Waals surface area (Å²) >= 11 is 5.81. The van der Waals surface area contributed by atoms with Gasteiger partial charge in [0.2, 0.25) is 5.88 Å². The molecule has 2 aromatic carbocycles. The number of hydrogen-bond donors (Lipinski definition) is 0. The summed E-state index contributed by atoms with van der Waals surface area (Å²) in [5, 5.41) is 0.0762. The van der Waals surface area contributed by atoms with Gasteiger partial charge >= 0.3 is 0 Å². The van der Waals surface area contributed by atoms with Crippen molar-refractivity contribution in [2.24, 2.45) is 0 Å². The van der Waals surface area contributed by atoms with E-state index in [0.717, 1.165) is 36.0 Å². The summed E-state index contributed by atoms with van der Waals surface area (Å²) in [7, 11) is -3.26. The highest BCUT2D eigenvalue weighted by Gasteiger charge is 2.42. The Hall–Kier alpha value is -2.77. The largest absolute Gasteiger partial charge is 0.466 e. The second kappa shape index (κ2) is 9.84. The highest BCUT2D eigenvalue weighted by molar-refractivity contribution is 7.91. The van der Waals surface area contributed by atoms with Crippen LogP contribution in [-0.4, -0.2) is 24.9 Å². The van der Waals surface area contributed by atoms with Gasteiger partial charge in [0.15, 0.2) is 9.84 Å². The second-order valence-electron chi connectivity index (χ2n) is 8.52. The maximum absolute atomic E-state index is 14.0. The molecule has 178 valence electrons. The van der Waals surface area contributed by atoms with E-state index in [0.29, 0.717) is 5.88 Å². The first-order chi connectivity index (χ1) is 16.2. The average Bonchev–Trinajstić information content (AvgIpc) is 2.79. The third kappa shape index (κ3) is 5.31. The van der Waals surface area contributed by atoms with E-state index < -0.39 is 21.3 Å². The van der Waals surface area contributed by atoms with E-state index in [1.807, 2.05) is 0 Å². The maximum Gasteiger partial charge on any atom is 0.214 e. The van der Waals surface area contributed by atoms with Crippen LogP contribution in [0.15, 0.2) is 65.7 Å². The molecule has 0 spiro atoms. The smallest absolute Gasteiger partial charge is 0.214 e. The molecule has 0 N–H and O–H groups in total. The molecule has 34 heavy (non-hydrogen) atoms. The summed E-state index contributed by atoms with van der Waals surface area (Å²) < 4.78 is 44.0. The number of ether oxygens (including phenoxy) is 1. The molecule has 1 heterocycles. The van der Waals surface area contributed by atoms with Crippen molar-refractivity contribution in [3.8, 4) is 5.88 Å². The lowest BCUT2D eigenvalue weighted by atomic mass is 9.75. The van der Waals surface area contributed by atoms with Crippen LogP contribution in [0.3, 0.4) is 0 Å². The minimum atomic E-state index is -3.26. The lowest BCUT2D eigenvalue weighted by molar-refractivity contribution is -0.117. The van der Waals surface area contributed by atoms with Gasteiger partial charge in [-0.05, 0) is 60.2 Å². The van der Waals surface area contributed by atoms with E-state index >= 15 is 0 Å². The predicted octanol–water partition coefficient (Wildman–Crippen LogP) is 5.48. The number of pyridine rings is 1. The molecule has 1 saturated carbocycles. The van der Waals surface area contributed by atoms with Crippen LogP contribution in [0.2, 0.25) is 5.02 Å². The first-order valence-electron chi connectivity index (χ1n) is 11.1. The van der Waals surface area contributed by atoms with Gasteiger partial charge in [-0.2, -0.15) is 0 Å². The number of halogens is 2. The van der Waals surface area contributed by atoms with E-state index in [1.54, 1.807) is 43.5 Å². The van der Waals surface area contributed by atoms with Gasteiger partial charge in [0, 0.05) is 25.1 Å². The summed E-state index contributed by atoms with van der Waals surface area (Å²) in [4.78, 5) is 17.1. The number of aromatic nitrogens is 1. The zero-order chi connectivity index (χ0) is 24.3. The SMILES string of the molecule is CCS(=O)(=O)c1ccc(CC(=O)Cc2ccc(OC3(c4ccc(Cl)c(F)c4)CCC3)nc2)cc1. The van der Waals surface area contributed by atoms with Gasteiger partial charge in [0.05, 0.1) is 15.7 Å². The van der Waals surface area contributed by atoms with Crippen molar-refractivity contribution in [1.82, 2.24) is 4.98 Å². The van der Waals surface area contributed by atoms with Crippen LogP contribution in [0, 0.1) is 5.82 Å². The zero-order valence-electron chi connectivity index (χ0n) is 18.8. The fourth-order valence-corrected chi connectivity index (χ4v) is 5.00. The van der Waals surface area contributed by atoms with Crippen molar-refractivity contribution in [2.75, 3.05) is 5.75 Å². The van der Waals surface area contributed by atoms with E-state index in [9.17, 15) is 17.6 Å². The van der Waals surface area contributed by atoms with Crippen molar-refractivity contribution in [1.29, 1.82) is 0 Å². The van der Waals surface area contributed by atoms with Crippen molar-refractivity contribution < 1.29 is 22.3 Å². The number of hydrogen-bond acceptors (Lipinski definition) is 5. The molecule has 0 aliphatic heterocycles. The van der Waals surface area contributed by atoms with Gasteiger partial charge in [-0.3, -0.25) is 4.79 Å². The Kier molecular flexibility index (Phi) is 7.05. The second-order valence-corrected chi connectivity index (χ2v) is 11.2. The van der Waals surface area contributed by atoms with Crippen molar-refractivity contribution in [3.05, 3.63) is 88.3 Å². The molecule has 1 fully saturated rings. The van der Waals surface area contributed by atoms with Crippen LogP contribution in [0.25, 0.3) is 0 Å². The number of rotatable bonds is 9. The molecule has 0 radical (unpaired) electrons. The quantitative estimate of drug-likeness (QED) is 0.388. The molecule has 0 saturated heterocycles. The Bertz CT molecular complexity index is 1290. The van der Waals surface area contributed by atoms with E-state index in [2.05, 4.69) is 4.98 Å². The lowest BCUT2D eigenvalue weighted by Crippen LogP contribution is -2.40. The molecular formula is C26H25ClFNO4S. The summed E-state index contributed by atoms with van der Waals surface area (Å²) in [6.07, 6.45) is 4.51. The summed E-state index contributed by atoms with van der Waals surface area (Å²) in [5.74, 6) is -0.0273. The molecule has 0 bridgehead atoms. The van der Waals surface area contributed by atoms with Crippen LogP contribution in [0.1, 0.15) is 42.9 Å². The number of benzene rings is 2. The molecule has 5 nitrogen and oxygen atoms in total. The Labute approximate surface area is 203 Å². The van der Waals surface area contributed by atoms with Crippen LogP contribution < -0.4 is 4.74 Å². The van der Waals surface area contributed by atoms with Crippen molar-refractivity contribution in [3.63, 3.8) is 0 Å². The lowest BCUT2D eigenvalue weighted by Gasteiger charge is -2.42. The molecule has 1 aliphatic rings. The van der Waals surface area contributed by atoms with E-state index in [4.69, 9.17) is 16.3 Å². The minimum absolute atomic E-state index is 0.00586. The number of carbonyl (C=O) groups is 1. The average molecular weight is 502 g/mol. The first-order valence-corrected chi connectivity index (χ1v) is 13.2. The number of ketones is 1. The summed E-state index contributed by atoms with van der Waals surface area (Å²) in [6, 6.07) is 14.7. The molecule has 1 aliphatic carbocycles. The number of carbonyl (C=O) groups excluding carboxylic acids is 1. The van der Waals surface area contributed by atoms with Gasteiger partial charge in [-0.1, -0.05) is 42.8 Å². The van der Waals surface area contributed by atoms with E-state index in [1.165, 1.54) is 24.3 Å². The molecule has 8 heteroatoms. The van der Waals surface area contributed by atoms with Crippen molar-refractivity contribution >= 4 is 27.2 Å². The molecule has 0 atom stereocenters. The Morgan fingerprint density at radius 3 is 2.29 bits per heavy atom. The summed E-state index contributed by atoms with van der Waals surface area (Å²) in [5.41, 5.74) is 1.63. The van der Waals surface area contributed by atoms with Crippen LogP contribution in [-0.2, 0) is 33.1 Å². The Morgan fingerprint density at radius 2 is 1.74 bits per heavy atom. The number of sulfone groups is 1. The fourth-order valence-electron chi connectivity index (χ4n) is 4.00. The fraction of sp³-hybridized carbons (Fsp3) is 0.308. The first kappa shape index (κ1) is 24.4. The molecule has 0 amide bonds. The monoisotopic (exact) mass is 501 g/mol. The standard InChI is InChI=1S/C26H25ClFNO4S/c1-2-34(31,32)22-8-4-18(5-9-22)14-21(30)15-19-6-11-25(29-17-19)33-26(12-3-13-26)20-7-10-23(27)24(28)16-20/h4-11,16-17H,2-3,12-15H2,1H3. The van der Waals surface area contributed by atoms with Gasteiger partial charge in [0.25, 0.3) is 0 Å². The Morgan fingerprint density at radius 1 is 1.06 bits per heavy atom. The molecule has 3 aromatic rings. The van der Waals surface area contributed by atoms with Gasteiger partial charge < -0.3 is 4.74 Å². The zero-order valence-corrected chi connectivity index (χ0v) is 20.3. The minimum Gasteiger partial charge on any atom is -0.466 e. The highest BCUT2D eigenvalue weighted by atomic mass is 35.5. The number of Topliss-reactive ketones (excluding diaryl/α,β-unsaturated/α-hetero) is 1. The number of nitrogens with zero attached hydrogens (tertiary/aromatic N) is 1. The maximum atomic E-state index is 14.0. The normalized spacial score (nSPS) is 14.9. The summed E-state index contributed by atoms with van der Waals surface area (Å²) in [6.45, 7) is 1.60. The van der Waals surface area contributed by atoms with Gasteiger partial charge in [-0.15, -0.1) is 0 Å². The van der Waals surface area contributed by atoms with Crippen LogP contribution >= 0.6 is 11.6 Å².